The molecule has 0 radical (unpaired) electrons. The standard InChI is InChI=1S/C25H20ClNO2/c1-2-18-10-6-7-11-20(18)25(28)22-15-27-23-14-19(12-13-21(23)24(22)26)29-16-17-8-4-3-5-9-17/h3-15H,2,16H2,1H3. The Hall–Kier alpha value is -3.17. The molecule has 4 rings (SSSR count). The predicted octanol–water partition coefficient (Wildman–Crippen LogP) is 6.26. The first-order valence-corrected chi connectivity index (χ1v) is 9.92. The monoisotopic (exact) mass is 401 g/mol. The van der Waals surface area contributed by atoms with Crippen LogP contribution in [0.3, 0.4) is 0 Å². The van der Waals surface area contributed by atoms with Crippen molar-refractivity contribution in [1.82, 2.24) is 4.98 Å². The van der Waals surface area contributed by atoms with E-state index in [-0.39, 0.29) is 5.78 Å². The molecule has 0 atom stereocenters. The number of carbonyl (C=O) groups excluding carboxylic acids is 1. The first-order chi connectivity index (χ1) is 14.2. The summed E-state index contributed by atoms with van der Waals surface area (Å²) in [6, 6.07) is 23.1. The topological polar surface area (TPSA) is 39.2 Å². The number of pyridine rings is 1. The molecular formula is C25H20ClNO2. The molecule has 0 N–H and O–H groups in total. The van der Waals surface area contributed by atoms with Crippen LogP contribution < -0.4 is 4.74 Å². The van der Waals surface area contributed by atoms with Crippen molar-refractivity contribution in [1.29, 1.82) is 0 Å². The first-order valence-electron chi connectivity index (χ1n) is 9.55. The Morgan fingerprint density at radius 1 is 0.966 bits per heavy atom. The molecule has 0 unspecified atom stereocenters. The number of halogens is 1. The second-order valence-electron chi connectivity index (χ2n) is 6.78. The number of aryl methyl sites for hydroxylation is 1. The number of ether oxygens (including phenoxy) is 1. The zero-order valence-electron chi connectivity index (χ0n) is 16.1. The lowest BCUT2D eigenvalue weighted by molar-refractivity contribution is 0.103. The second-order valence-corrected chi connectivity index (χ2v) is 7.16. The van der Waals surface area contributed by atoms with Gasteiger partial charge in [0, 0.05) is 23.2 Å². The van der Waals surface area contributed by atoms with Crippen LogP contribution in [-0.2, 0) is 13.0 Å². The summed E-state index contributed by atoms with van der Waals surface area (Å²) in [5, 5.41) is 1.15. The van der Waals surface area contributed by atoms with Gasteiger partial charge in [0.2, 0.25) is 0 Å². The molecule has 0 saturated carbocycles. The Labute approximate surface area is 174 Å². The minimum Gasteiger partial charge on any atom is -0.489 e. The van der Waals surface area contributed by atoms with E-state index in [1.54, 1.807) is 6.20 Å². The third-order valence-corrected chi connectivity index (χ3v) is 5.32. The molecule has 144 valence electrons. The highest BCUT2D eigenvalue weighted by atomic mass is 35.5. The van der Waals surface area contributed by atoms with Gasteiger partial charge < -0.3 is 4.74 Å². The van der Waals surface area contributed by atoms with Crippen molar-refractivity contribution in [2.75, 3.05) is 0 Å². The Bertz CT molecular complexity index is 1170. The quantitative estimate of drug-likeness (QED) is 0.358. The predicted molar refractivity (Wildman–Crippen MR) is 117 cm³/mol. The van der Waals surface area contributed by atoms with Crippen LogP contribution in [0, 0.1) is 0 Å². The van der Waals surface area contributed by atoms with E-state index in [9.17, 15) is 4.79 Å². The molecule has 1 heterocycles. The van der Waals surface area contributed by atoms with Gasteiger partial charge in [0.25, 0.3) is 0 Å². The first kappa shape index (κ1) is 19.2. The van der Waals surface area contributed by atoms with Gasteiger partial charge in [0.1, 0.15) is 12.4 Å². The van der Waals surface area contributed by atoms with Crippen LogP contribution in [0.2, 0.25) is 5.02 Å². The van der Waals surface area contributed by atoms with E-state index >= 15 is 0 Å². The lowest BCUT2D eigenvalue weighted by Crippen LogP contribution is -2.06. The number of aromatic nitrogens is 1. The number of benzene rings is 3. The fraction of sp³-hybridized carbons (Fsp3) is 0.120. The van der Waals surface area contributed by atoms with Crippen molar-refractivity contribution in [3.63, 3.8) is 0 Å². The van der Waals surface area contributed by atoms with Crippen molar-refractivity contribution in [3.05, 3.63) is 106 Å². The van der Waals surface area contributed by atoms with E-state index < -0.39 is 0 Å². The van der Waals surface area contributed by atoms with Crippen LogP contribution in [0.4, 0.5) is 0 Å². The lowest BCUT2D eigenvalue weighted by Gasteiger charge is -2.11. The third-order valence-electron chi connectivity index (χ3n) is 4.91. The van der Waals surface area contributed by atoms with Gasteiger partial charge in [-0.05, 0) is 29.7 Å². The number of hydrogen-bond donors (Lipinski definition) is 0. The van der Waals surface area contributed by atoms with Crippen LogP contribution >= 0.6 is 11.6 Å². The number of ketones is 1. The van der Waals surface area contributed by atoms with Crippen molar-refractivity contribution in [2.24, 2.45) is 0 Å². The van der Waals surface area contributed by atoms with E-state index in [1.165, 1.54) is 0 Å². The molecule has 4 heteroatoms. The normalized spacial score (nSPS) is 10.8. The van der Waals surface area contributed by atoms with E-state index in [4.69, 9.17) is 16.3 Å². The van der Waals surface area contributed by atoms with Crippen LogP contribution in [0.1, 0.15) is 34.0 Å². The van der Waals surface area contributed by atoms with Gasteiger partial charge in [-0.15, -0.1) is 0 Å². The lowest BCUT2D eigenvalue weighted by atomic mass is 9.97. The summed E-state index contributed by atoms with van der Waals surface area (Å²) in [5.41, 5.74) is 3.87. The summed E-state index contributed by atoms with van der Waals surface area (Å²) in [5.74, 6) is 0.603. The average molecular weight is 402 g/mol. The maximum atomic E-state index is 13.1. The molecule has 1 aromatic heterocycles. The average Bonchev–Trinajstić information content (AvgIpc) is 2.78. The zero-order valence-corrected chi connectivity index (χ0v) is 16.8. The molecule has 0 spiro atoms. The van der Waals surface area contributed by atoms with Crippen LogP contribution in [0.15, 0.2) is 79.0 Å². The van der Waals surface area contributed by atoms with Crippen LogP contribution in [-0.4, -0.2) is 10.8 Å². The van der Waals surface area contributed by atoms with E-state index in [2.05, 4.69) is 4.98 Å². The third kappa shape index (κ3) is 4.01. The fourth-order valence-corrected chi connectivity index (χ4v) is 3.62. The minimum atomic E-state index is -0.105. The van der Waals surface area contributed by atoms with Crippen LogP contribution in [0.25, 0.3) is 10.9 Å². The summed E-state index contributed by atoms with van der Waals surface area (Å²) in [6.07, 6.45) is 2.34. The molecule has 3 aromatic carbocycles. The number of rotatable bonds is 6. The van der Waals surface area contributed by atoms with Gasteiger partial charge in [-0.2, -0.15) is 0 Å². The molecule has 0 fully saturated rings. The van der Waals surface area contributed by atoms with Crippen LogP contribution in [0.5, 0.6) is 5.75 Å². The molecule has 0 aliphatic carbocycles. The Balaban J connectivity index is 1.63. The molecule has 0 aliphatic rings. The number of fused-ring (bicyclic) bond motifs is 1. The summed E-state index contributed by atoms with van der Waals surface area (Å²) >= 11 is 6.61. The van der Waals surface area contributed by atoms with E-state index in [0.29, 0.717) is 34.0 Å². The minimum absolute atomic E-state index is 0.105. The second kappa shape index (κ2) is 8.46. The zero-order chi connectivity index (χ0) is 20.2. The fourth-order valence-electron chi connectivity index (χ4n) is 3.32. The van der Waals surface area contributed by atoms with Gasteiger partial charge in [-0.1, -0.05) is 73.1 Å². The summed E-state index contributed by atoms with van der Waals surface area (Å²) in [6.45, 7) is 2.51. The molecule has 3 nitrogen and oxygen atoms in total. The molecule has 0 saturated heterocycles. The SMILES string of the molecule is CCc1ccccc1C(=O)c1cnc2cc(OCc3ccccc3)ccc2c1Cl. The van der Waals surface area contributed by atoms with Gasteiger partial charge in [-0.3, -0.25) is 9.78 Å². The van der Waals surface area contributed by atoms with E-state index in [0.717, 1.165) is 22.9 Å². The van der Waals surface area contributed by atoms with Gasteiger partial charge in [0.15, 0.2) is 5.78 Å². The Morgan fingerprint density at radius 2 is 1.72 bits per heavy atom. The molecule has 0 aliphatic heterocycles. The molecule has 29 heavy (non-hydrogen) atoms. The molecule has 0 amide bonds. The van der Waals surface area contributed by atoms with Crippen molar-refractivity contribution in [2.45, 2.75) is 20.0 Å². The highest BCUT2D eigenvalue weighted by Crippen LogP contribution is 2.30. The van der Waals surface area contributed by atoms with Gasteiger partial charge in [0.05, 0.1) is 16.1 Å². The Kier molecular flexibility index (Phi) is 5.59. The van der Waals surface area contributed by atoms with Gasteiger partial charge >= 0.3 is 0 Å². The smallest absolute Gasteiger partial charge is 0.196 e. The summed E-state index contributed by atoms with van der Waals surface area (Å²) < 4.78 is 5.87. The number of nitrogens with zero attached hydrogens (tertiary/aromatic N) is 1. The summed E-state index contributed by atoms with van der Waals surface area (Å²) in [7, 11) is 0. The maximum Gasteiger partial charge on any atom is 0.196 e. The molecule has 0 bridgehead atoms. The van der Waals surface area contributed by atoms with Gasteiger partial charge in [-0.25, -0.2) is 0 Å². The van der Waals surface area contributed by atoms with Crippen molar-refractivity contribution in [3.8, 4) is 5.75 Å². The molecular weight excluding hydrogens is 382 g/mol. The highest BCUT2D eigenvalue weighted by molar-refractivity contribution is 6.39. The Morgan fingerprint density at radius 3 is 2.52 bits per heavy atom. The maximum absolute atomic E-state index is 13.1. The number of carbonyl (C=O) groups is 1. The van der Waals surface area contributed by atoms with Crippen molar-refractivity contribution >= 4 is 28.3 Å². The largest absolute Gasteiger partial charge is 0.489 e. The molecule has 4 aromatic rings. The van der Waals surface area contributed by atoms with E-state index in [1.807, 2.05) is 79.7 Å². The highest BCUT2D eigenvalue weighted by Gasteiger charge is 2.18. The van der Waals surface area contributed by atoms with Crippen molar-refractivity contribution < 1.29 is 9.53 Å². The summed E-state index contributed by atoms with van der Waals surface area (Å²) in [4.78, 5) is 17.5. The number of hydrogen-bond acceptors (Lipinski definition) is 3.